The minimum absolute atomic E-state index is 0.0409. The SMILES string of the molecule is CN1CCN(Cc2cccc(CNC(=O)c3cc(Br)c(Br)s3)c2)CC1. The number of benzene rings is 1. The molecule has 1 aliphatic heterocycles. The summed E-state index contributed by atoms with van der Waals surface area (Å²) in [5.41, 5.74) is 2.44. The molecule has 0 saturated carbocycles. The van der Waals surface area contributed by atoms with Gasteiger partial charge in [0.05, 0.1) is 8.66 Å². The summed E-state index contributed by atoms with van der Waals surface area (Å²) in [6.45, 7) is 5.99. The van der Waals surface area contributed by atoms with E-state index in [1.165, 1.54) is 16.9 Å². The average Bonchev–Trinajstić information content (AvgIpc) is 2.94. The number of halogens is 2. The molecule has 1 saturated heterocycles. The third kappa shape index (κ3) is 5.37. The van der Waals surface area contributed by atoms with Crippen LogP contribution in [0.5, 0.6) is 0 Å². The van der Waals surface area contributed by atoms with Crippen molar-refractivity contribution in [3.05, 3.63) is 54.6 Å². The van der Waals surface area contributed by atoms with Crippen LogP contribution in [0.25, 0.3) is 0 Å². The van der Waals surface area contributed by atoms with Gasteiger partial charge in [-0.25, -0.2) is 0 Å². The van der Waals surface area contributed by atoms with Crippen molar-refractivity contribution in [2.75, 3.05) is 33.2 Å². The van der Waals surface area contributed by atoms with E-state index >= 15 is 0 Å². The quantitative estimate of drug-likeness (QED) is 0.694. The molecule has 0 bridgehead atoms. The van der Waals surface area contributed by atoms with Gasteiger partial charge in [-0.15, -0.1) is 11.3 Å². The summed E-state index contributed by atoms with van der Waals surface area (Å²) in [4.78, 5) is 17.8. The Morgan fingerprint density at radius 1 is 1.16 bits per heavy atom. The molecule has 3 rings (SSSR count). The molecule has 1 amide bonds. The molecule has 1 fully saturated rings. The Morgan fingerprint density at radius 3 is 2.56 bits per heavy atom. The topological polar surface area (TPSA) is 35.6 Å². The Hall–Kier alpha value is -0.730. The van der Waals surface area contributed by atoms with Crippen LogP contribution in [0.1, 0.15) is 20.8 Å². The van der Waals surface area contributed by atoms with Gasteiger partial charge in [0.2, 0.25) is 0 Å². The van der Waals surface area contributed by atoms with E-state index in [0.717, 1.165) is 46.5 Å². The molecule has 2 heterocycles. The summed E-state index contributed by atoms with van der Waals surface area (Å²) in [6.07, 6.45) is 0. The number of amides is 1. The molecular weight excluding hydrogens is 466 g/mol. The fraction of sp³-hybridized carbons (Fsp3) is 0.389. The molecule has 1 aromatic carbocycles. The van der Waals surface area contributed by atoms with Crippen LogP contribution >= 0.6 is 43.2 Å². The molecule has 1 N–H and O–H groups in total. The van der Waals surface area contributed by atoms with Gasteiger partial charge in [0.1, 0.15) is 0 Å². The predicted molar refractivity (Wildman–Crippen MR) is 110 cm³/mol. The molecule has 0 unspecified atom stereocenters. The van der Waals surface area contributed by atoms with Gasteiger partial charge in [0.25, 0.3) is 5.91 Å². The number of hydrogen-bond acceptors (Lipinski definition) is 4. The van der Waals surface area contributed by atoms with Crippen LogP contribution in [0.3, 0.4) is 0 Å². The van der Waals surface area contributed by atoms with Gasteiger partial charge < -0.3 is 10.2 Å². The molecular formula is C18H21Br2N3OS. The molecule has 0 aliphatic carbocycles. The highest BCUT2D eigenvalue weighted by Gasteiger charge is 2.14. The van der Waals surface area contributed by atoms with E-state index in [2.05, 4.69) is 78.3 Å². The zero-order chi connectivity index (χ0) is 17.8. The standard InChI is InChI=1S/C18H21Br2N3OS/c1-22-5-7-23(8-6-22)12-14-4-2-3-13(9-14)11-21-18(24)16-10-15(19)17(20)25-16/h2-4,9-10H,5-8,11-12H2,1H3,(H,21,24). The molecule has 0 spiro atoms. The Bertz CT molecular complexity index is 722. The van der Waals surface area contributed by atoms with Crippen molar-refractivity contribution in [3.8, 4) is 0 Å². The first-order chi connectivity index (χ1) is 12.0. The summed E-state index contributed by atoms with van der Waals surface area (Å²) >= 11 is 8.27. The normalized spacial score (nSPS) is 16.1. The van der Waals surface area contributed by atoms with E-state index in [1.807, 2.05) is 6.07 Å². The van der Waals surface area contributed by atoms with Crippen molar-refractivity contribution in [2.45, 2.75) is 13.1 Å². The Balaban J connectivity index is 1.55. The van der Waals surface area contributed by atoms with Crippen molar-refractivity contribution in [2.24, 2.45) is 0 Å². The van der Waals surface area contributed by atoms with Crippen molar-refractivity contribution >= 4 is 49.1 Å². The monoisotopic (exact) mass is 485 g/mol. The molecule has 134 valence electrons. The van der Waals surface area contributed by atoms with Crippen LogP contribution in [0, 0.1) is 0 Å². The Labute approximate surface area is 169 Å². The third-order valence-corrected chi connectivity index (χ3v) is 7.57. The summed E-state index contributed by atoms with van der Waals surface area (Å²) in [6, 6.07) is 10.3. The van der Waals surface area contributed by atoms with Crippen molar-refractivity contribution in [3.63, 3.8) is 0 Å². The van der Waals surface area contributed by atoms with Gasteiger partial charge in [-0.05, 0) is 56.1 Å². The fourth-order valence-electron chi connectivity index (χ4n) is 2.83. The molecule has 0 atom stereocenters. The van der Waals surface area contributed by atoms with Gasteiger partial charge >= 0.3 is 0 Å². The second-order valence-corrected chi connectivity index (χ2v) is 9.54. The number of rotatable bonds is 5. The van der Waals surface area contributed by atoms with Crippen molar-refractivity contribution < 1.29 is 4.79 Å². The number of thiophene rings is 1. The second kappa shape index (κ2) is 8.77. The van der Waals surface area contributed by atoms with Gasteiger partial charge in [-0.3, -0.25) is 9.69 Å². The minimum atomic E-state index is -0.0409. The molecule has 7 heteroatoms. The zero-order valence-electron chi connectivity index (χ0n) is 14.1. The van der Waals surface area contributed by atoms with Crippen LogP contribution in [-0.2, 0) is 13.1 Å². The van der Waals surface area contributed by atoms with Crippen LogP contribution in [-0.4, -0.2) is 48.9 Å². The van der Waals surface area contributed by atoms with Crippen LogP contribution in [0.15, 0.2) is 38.6 Å². The van der Waals surface area contributed by atoms with Crippen LogP contribution < -0.4 is 5.32 Å². The maximum absolute atomic E-state index is 12.3. The van der Waals surface area contributed by atoms with Crippen LogP contribution in [0.2, 0.25) is 0 Å². The lowest BCUT2D eigenvalue weighted by molar-refractivity contribution is 0.0955. The van der Waals surface area contributed by atoms with E-state index in [-0.39, 0.29) is 5.91 Å². The lowest BCUT2D eigenvalue weighted by Crippen LogP contribution is -2.43. The number of carbonyl (C=O) groups excluding carboxylic acids is 1. The Morgan fingerprint density at radius 2 is 1.88 bits per heavy atom. The zero-order valence-corrected chi connectivity index (χ0v) is 18.1. The first kappa shape index (κ1) is 19.0. The van der Waals surface area contributed by atoms with E-state index in [4.69, 9.17) is 0 Å². The molecule has 1 aliphatic rings. The minimum Gasteiger partial charge on any atom is -0.347 e. The molecule has 2 aromatic rings. The third-order valence-electron chi connectivity index (χ3n) is 4.32. The lowest BCUT2D eigenvalue weighted by atomic mass is 10.1. The number of nitrogens with one attached hydrogen (secondary N) is 1. The highest BCUT2D eigenvalue weighted by molar-refractivity contribution is 9.13. The molecule has 4 nitrogen and oxygen atoms in total. The maximum Gasteiger partial charge on any atom is 0.261 e. The summed E-state index contributed by atoms with van der Waals surface area (Å²) < 4.78 is 1.85. The number of nitrogens with zero attached hydrogens (tertiary/aromatic N) is 2. The summed E-state index contributed by atoms with van der Waals surface area (Å²) in [5.74, 6) is -0.0409. The highest BCUT2D eigenvalue weighted by atomic mass is 79.9. The highest BCUT2D eigenvalue weighted by Crippen LogP contribution is 2.32. The Kier molecular flexibility index (Phi) is 6.68. The van der Waals surface area contributed by atoms with Gasteiger partial charge in [0.15, 0.2) is 0 Å². The maximum atomic E-state index is 12.3. The predicted octanol–water partition coefficient (Wildman–Crippen LogP) is 3.95. The number of carbonyl (C=O) groups is 1. The smallest absolute Gasteiger partial charge is 0.261 e. The largest absolute Gasteiger partial charge is 0.347 e. The molecule has 0 radical (unpaired) electrons. The summed E-state index contributed by atoms with van der Waals surface area (Å²) in [5, 5.41) is 3.00. The van der Waals surface area contributed by atoms with E-state index in [1.54, 1.807) is 0 Å². The first-order valence-electron chi connectivity index (χ1n) is 8.23. The van der Waals surface area contributed by atoms with Crippen LogP contribution in [0.4, 0.5) is 0 Å². The summed E-state index contributed by atoms with van der Waals surface area (Å²) in [7, 11) is 2.17. The number of piperazine rings is 1. The molecule has 1 aromatic heterocycles. The van der Waals surface area contributed by atoms with Gasteiger partial charge in [-0.2, -0.15) is 0 Å². The lowest BCUT2D eigenvalue weighted by Gasteiger charge is -2.32. The fourth-order valence-corrected chi connectivity index (χ4v) is 4.78. The number of hydrogen-bond donors (Lipinski definition) is 1. The van der Waals surface area contributed by atoms with Crippen molar-refractivity contribution in [1.29, 1.82) is 0 Å². The van der Waals surface area contributed by atoms with Crippen molar-refractivity contribution in [1.82, 2.24) is 15.1 Å². The van der Waals surface area contributed by atoms with E-state index in [0.29, 0.717) is 11.4 Å². The average molecular weight is 487 g/mol. The molecule has 25 heavy (non-hydrogen) atoms. The van der Waals surface area contributed by atoms with Gasteiger partial charge in [0, 0.05) is 43.7 Å². The van der Waals surface area contributed by atoms with Gasteiger partial charge in [-0.1, -0.05) is 24.3 Å². The number of likely N-dealkylation sites (N-methyl/N-ethyl adjacent to an activating group) is 1. The second-order valence-electron chi connectivity index (χ2n) is 6.31. The van der Waals surface area contributed by atoms with E-state index < -0.39 is 0 Å². The van der Waals surface area contributed by atoms with E-state index in [9.17, 15) is 4.79 Å². The first-order valence-corrected chi connectivity index (χ1v) is 10.6.